The highest BCUT2D eigenvalue weighted by Crippen LogP contribution is 2.13. The first-order chi connectivity index (χ1) is 4.52. The maximum atomic E-state index is 5.34. The quantitative estimate of drug-likeness (QED) is 0.494. The average Bonchev–Trinajstić information content (AvgIpc) is 1.81. The Balaban J connectivity index is 2.87. The lowest BCUT2D eigenvalue weighted by atomic mass is 10.0. The van der Waals surface area contributed by atoms with Gasteiger partial charge in [0, 0.05) is 0 Å². The van der Waals surface area contributed by atoms with Gasteiger partial charge in [-0.1, -0.05) is 0 Å². The lowest BCUT2D eigenvalue weighted by molar-refractivity contribution is 0.453. The van der Waals surface area contributed by atoms with Gasteiger partial charge >= 0.3 is 0 Å². The Morgan fingerprint density at radius 2 is 2.20 bits per heavy atom. The summed E-state index contributed by atoms with van der Waals surface area (Å²) in [7, 11) is 0. The van der Waals surface area contributed by atoms with E-state index in [9.17, 15) is 0 Å². The fourth-order valence-corrected chi connectivity index (χ4v) is 0.618. The molecule has 0 amide bonds. The SMILES string of the molecule is CC1=NN(N)C=NC1(C)C. The number of hydrogen-bond acceptors (Lipinski definition) is 4. The van der Waals surface area contributed by atoms with Crippen LogP contribution in [0, 0.1) is 0 Å². The fourth-order valence-electron chi connectivity index (χ4n) is 0.618. The first-order valence-electron chi connectivity index (χ1n) is 3.17. The predicted octanol–water partition coefficient (Wildman–Crippen LogP) is 0.358. The van der Waals surface area contributed by atoms with Crippen LogP contribution in [0.1, 0.15) is 20.8 Å². The highest BCUT2D eigenvalue weighted by molar-refractivity contribution is 5.93. The van der Waals surface area contributed by atoms with E-state index in [0.717, 1.165) is 5.71 Å². The second kappa shape index (κ2) is 2.05. The number of nitrogens with two attached hydrogens (primary N) is 1. The molecule has 0 saturated heterocycles. The second-order valence-electron chi connectivity index (χ2n) is 2.87. The predicted molar refractivity (Wildman–Crippen MR) is 41.7 cm³/mol. The van der Waals surface area contributed by atoms with Gasteiger partial charge in [0.25, 0.3) is 0 Å². The zero-order valence-electron chi connectivity index (χ0n) is 6.50. The molecule has 10 heavy (non-hydrogen) atoms. The Labute approximate surface area is 60.4 Å². The molecule has 0 bridgehead atoms. The van der Waals surface area contributed by atoms with Crippen LogP contribution in [-0.2, 0) is 0 Å². The van der Waals surface area contributed by atoms with Crippen molar-refractivity contribution in [2.24, 2.45) is 15.9 Å². The van der Waals surface area contributed by atoms with Gasteiger partial charge in [-0.25, -0.2) is 5.84 Å². The molecule has 56 valence electrons. The first-order valence-corrected chi connectivity index (χ1v) is 3.17. The molecule has 0 atom stereocenters. The fraction of sp³-hybridized carbons (Fsp3) is 0.667. The molecule has 0 aromatic carbocycles. The Hall–Kier alpha value is -0.900. The van der Waals surface area contributed by atoms with E-state index in [-0.39, 0.29) is 5.54 Å². The molecule has 0 aromatic heterocycles. The number of aliphatic imine (C=N–C) groups is 1. The van der Waals surface area contributed by atoms with E-state index in [0.29, 0.717) is 0 Å². The number of rotatable bonds is 0. The van der Waals surface area contributed by atoms with Crippen LogP contribution in [0.15, 0.2) is 10.1 Å². The van der Waals surface area contributed by atoms with Crippen LogP contribution in [0.5, 0.6) is 0 Å². The third kappa shape index (κ3) is 1.16. The molecule has 1 rings (SSSR count). The van der Waals surface area contributed by atoms with Crippen LogP contribution in [-0.4, -0.2) is 22.7 Å². The number of hydrazone groups is 1. The molecule has 0 saturated carbocycles. The zero-order valence-corrected chi connectivity index (χ0v) is 6.50. The molecular weight excluding hydrogens is 128 g/mol. The van der Waals surface area contributed by atoms with Crippen molar-refractivity contribution in [1.29, 1.82) is 0 Å². The van der Waals surface area contributed by atoms with E-state index in [1.165, 1.54) is 11.5 Å². The monoisotopic (exact) mass is 140 g/mol. The van der Waals surface area contributed by atoms with Gasteiger partial charge in [-0.05, 0) is 20.8 Å². The van der Waals surface area contributed by atoms with Gasteiger partial charge in [0.05, 0.1) is 11.3 Å². The largest absolute Gasteiger partial charge is 0.260 e. The van der Waals surface area contributed by atoms with E-state index in [4.69, 9.17) is 5.84 Å². The van der Waals surface area contributed by atoms with Gasteiger partial charge in [-0.15, -0.1) is 0 Å². The maximum absolute atomic E-state index is 5.34. The van der Waals surface area contributed by atoms with Crippen molar-refractivity contribution >= 4 is 12.1 Å². The smallest absolute Gasteiger partial charge is 0.125 e. The van der Waals surface area contributed by atoms with Crippen LogP contribution in [0.2, 0.25) is 0 Å². The molecule has 1 heterocycles. The summed E-state index contributed by atoms with van der Waals surface area (Å²) in [5.41, 5.74) is 0.744. The Morgan fingerprint density at radius 3 is 2.60 bits per heavy atom. The van der Waals surface area contributed by atoms with E-state index >= 15 is 0 Å². The molecule has 0 spiro atoms. The minimum atomic E-state index is -0.185. The molecule has 0 aromatic rings. The van der Waals surface area contributed by atoms with Crippen molar-refractivity contribution < 1.29 is 0 Å². The molecule has 0 fully saturated rings. The van der Waals surface area contributed by atoms with Gasteiger partial charge in [0.2, 0.25) is 0 Å². The summed E-state index contributed by atoms with van der Waals surface area (Å²) >= 11 is 0. The standard InChI is InChI=1S/C6H12N4/c1-5-6(2,3)8-4-10(7)9-5/h4H,7H2,1-3H3. The van der Waals surface area contributed by atoms with Gasteiger partial charge in [-0.2, -0.15) is 10.2 Å². The van der Waals surface area contributed by atoms with E-state index in [2.05, 4.69) is 10.1 Å². The maximum Gasteiger partial charge on any atom is 0.125 e. The summed E-state index contributed by atoms with van der Waals surface area (Å²) < 4.78 is 0. The third-order valence-corrected chi connectivity index (χ3v) is 1.65. The lowest BCUT2D eigenvalue weighted by Crippen LogP contribution is -2.38. The van der Waals surface area contributed by atoms with Crippen LogP contribution in [0.25, 0.3) is 0 Å². The van der Waals surface area contributed by atoms with Crippen LogP contribution in [0.3, 0.4) is 0 Å². The average molecular weight is 140 g/mol. The Kier molecular flexibility index (Phi) is 1.48. The number of hydrogen-bond donors (Lipinski definition) is 1. The Bertz CT molecular complexity index is 192. The number of hydrazine groups is 1. The molecule has 0 aliphatic carbocycles. The van der Waals surface area contributed by atoms with Crippen LogP contribution >= 0.6 is 0 Å². The van der Waals surface area contributed by atoms with Crippen molar-refractivity contribution in [3.05, 3.63) is 0 Å². The van der Waals surface area contributed by atoms with E-state index < -0.39 is 0 Å². The van der Waals surface area contributed by atoms with Crippen molar-refractivity contribution in [2.75, 3.05) is 0 Å². The summed E-state index contributed by atoms with van der Waals surface area (Å²) in [5.74, 6) is 5.34. The minimum absolute atomic E-state index is 0.185. The molecule has 0 unspecified atom stereocenters. The highest BCUT2D eigenvalue weighted by atomic mass is 15.6. The molecule has 4 heteroatoms. The Morgan fingerprint density at radius 1 is 1.60 bits per heavy atom. The normalized spacial score (nSPS) is 22.8. The summed E-state index contributed by atoms with van der Waals surface area (Å²) in [4.78, 5) is 4.17. The highest BCUT2D eigenvalue weighted by Gasteiger charge is 2.22. The molecule has 1 aliphatic heterocycles. The summed E-state index contributed by atoms with van der Waals surface area (Å²) in [6.07, 6.45) is 1.52. The van der Waals surface area contributed by atoms with Crippen molar-refractivity contribution in [2.45, 2.75) is 26.3 Å². The van der Waals surface area contributed by atoms with Gasteiger partial charge in [0.1, 0.15) is 6.34 Å². The van der Waals surface area contributed by atoms with Crippen LogP contribution < -0.4 is 5.84 Å². The van der Waals surface area contributed by atoms with Crippen LogP contribution in [0.4, 0.5) is 0 Å². The lowest BCUT2D eigenvalue weighted by Gasteiger charge is -2.25. The van der Waals surface area contributed by atoms with Crippen molar-refractivity contribution in [3.8, 4) is 0 Å². The molecule has 0 radical (unpaired) electrons. The summed E-state index contributed by atoms with van der Waals surface area (Å²) in [5, 5.41) is 5.24. The molecule has 1 aliphatic rings. The van der Waals surface area contributed by atoms with Crippen molar-refractivity contribution in [1.82, 2.24) is 5.12 Å². The van der Waals surface area contributed by atoms with Crippen molar-refractivity contribution in [3.63, 3.8) is 0 Å². The molecule has 4 nitrogen and oxygen atoms in total. The summed E-state index contributed by atoms with van der Waals surface area (Å²) in [6.45, 7) is 5.90. The molecule has 2 N–H and O–H groups in total. The molecular formula is C6H12N4. The summed E-state index contributed by atoms with van der Waals surface area (Å²) in [6, 6.07) is 0. The number of nitrogens with zero attached hydrogens (tertiary/aromatic N) is 3. The minimum Gasteiger partial charge on any atom is -0.260 e. The van der Waals surface area contributed by atoms with Gasteiger partial charge < -0.3 is 0 Å². The van der Waals surface area contributed by atoms with Gasteiger partial charge in [-0.3, -0.25) is 4.99 Å². The van der Waals surface area contributed by atoms with E-state index in [1.54, 1.807) is 0 Å². The third-order valence-electron chi connectivity index (χ3n) is 1.65. The topological polar surface area (TPSA) is 54.0 Å². The second-order valence-corrected chi connectivity index (χ2v) is 2.87. The first kappa shape index (κ1) is 7.21. The zero-order chi connectivity index (χ0) is 7.78. The van der Waals surface area contributed by atoms with Gasteiger partial charge in [0.15, 0.2) is 0 Å². The van der Waals surface area contributed by atoms with E-state index in [1.807, 2.05) is 20.8 Å².